The van der Waals surface area contributed by atoms with Crippen LogP contribution in [0.2, 0.25) is 0 Å². The van der Waals surface area contributed by atoms with Crippen LogP contribution in [0, 0.1) is 23.1 Å². The number of hydrogen-bond donors (Lipinski definition) is 0. The monoisotopic (exact) mass is 465 g/mol. The van der Waals surface area contributed by atoms with Crippen LogP contribution in [0.1, 0.15) is 107 Å². The molecule has 1 aliphatic carbocycles. The van der Waals surface area contributed by atoms with Crippen molar-refractivity contribution >= 4 is 5.97 Å². The SMILES string of the molecule is CCCCCCCCCCc1cnc(C2CCC(C(=O)Oc3ccc(C#N)cc3F)CC2)nc1. The fourth-order valence-electron chi connectivity index (χ4n) is 4.60. The number of carbonyl (C=O) groups excluding carboxylic acids is 1. The van der Waals surface area contributed by atoms with Gasteiger partial charge < -0.3 is 4.74 Å². The van der Waals surface area contributed by atoms with E-state index in [4.69, 9.17) is 10.00 Å². The van der Waals surface area contributed by atoms with Crippen molar-refractivity contribution in [2.24, 2.45) is 5.92 Å². The van der Waals surface area contributed by atoms with Crippen LogP contribution in [-0.4, -0.2) is 15.9 Å². The Hall–Kier alpha value is -2.81. The van der Waals surface area contributed by atoms with Crippen molar-refractivity contribution in [2.45, 2.75) is 96.3 Å². The predicted octanol–water partition coefficient (Wildman–Crippen LogP) is 7.05. The first kappa shape index (κ1) is 25.8. The van der Waals surface area contributed by atoms with Gasteiger partial charge in [0.15, 0.2) is 11.6 Å². The highest BCUT2D eigenvalue weighted by molar-refractivity contribution is 5.75. The van der Waals surface area contributed by atoms with Crippen molar-refractivity contribution in [3.05, 3.63) is 53.4 Å². The highest BCUT2D eigenvalue weighted by Crippen LogP contribution is 2.35. The van der Waals surface area contributed by atoms with E-state index in [0.29, 0.717) is 12.8 Å². The predicted molar refractivity (Wildman–Crippen MR) is 130 cm³/mol. The normalized spacial score (nSPS) is 17.8. The number of rotatable bonds is 12. The Kier molecular flexibility index (Phi) is 10.5. The van der Waals surface area contributed by atoms with E-state index >= 15 is 0 Å². The maximum Gasteiger partial charge on any atom is 0.314 e. The van der Waals surface area contributed by atoms with Crippen LogP contribution < -0.4 is 4.74 Å². The van der Waals surface area contributed by atoms with Gasteiger partial charge in [0.2, 0.25) is 0 Å². The molecular weight excluding hydrogens is 429 g/mol. The van der Waals surface area contributed by atoms with Crippen LogP contribution in [-0.2, 0) is 11.2 Å². The van der Waals surface area contributed by atoms with Crippen molar-refractivity contribution in [3.8, 4) is 11.8 Å². The van der Waals surface area contributed by atoms with Gasteiger partial charge in [-0.15, -0.1) is 0 Å². The molecule has 0 aliphatic heterocycles. The molecule has 182 valence electrons. The van der Waals surface area contributed by atoms with Gasteiger partial charge in [0.25, 0.3) is 0 Å². The van der Waals surface area contributed by atoms with Gasteiger partial charge in [0.1, 0.15) is 5.82 Å². The molecule has 6 heteroatoms. The van der Waals surface area contributed by atoms with E-state index in [1.165, 1.54) is 69.1 Å². The molecule has 1 fully saturated rings. The summed E-state index contributed by atoms with van der Waals surface area (Å²) in [6, 6.07) is 5.72. The second-order valence-electron chi connectivity index (χ2n) is 9.40. The number of esters is 1. The maximum atomic E-state index is 14.0. The molecule has 1 heterocycles. The standard InChI is InChI=1S/C28H36FN3O2/c1-2-3-4-5-6-7-8-9-10-22-19-31-27(32-20-22)23-12-14-24(15-13-23)28(33)34-26-16-11-21(18-30)17-25(26)29/h11,16-17,19-20,23-24H,2-10,12-15H2,1H3. The fourth-order valence-corrected chi connectivity index (χ4v) is 4.60. The van der Waals surface area contributed by atoms with Gasteiger partial charge in [0.05, 0.1) is 17.6 Å². The third-order valence-electron chi connectivity index (χ3n) is 6.74. The quantitative estimate of drug-likeness (QED) is 0.191. The molecule has 34 heavy (non-hydrogen) atoms. The van der Waals surface area contributed by atoms with Gasteiger partial charge in [-0.3, -0.25) is 4.79 Å². The molecule has 0 bridgehead atoms. The molecule has 1 aromatic carbocycles. The zero-order valence-electron chi connectivity index (χ0n) is 20.3. The Morgan fingerprint density at radius 1 is 1.03 bits per heavy atom. The van der Waals surface area contributed by atoms with E-state index in [9.17, 15) is 9.18 Å². The lowest BCUT2D eigenvalue weighted by molar-refractivity contribution is -0.140. The number of hydrogen-bond acceptors (Lipinski definition) is 5. The first-order valence-corrected chi connectivity index (χ1v) is 12.8. The summed E-state index contributed by atoms with van der Waals surface area (Å²) in [5, 5.41) is 8.83. The summed E-state index contributed by atoms with van der Waals surface area (Å²) in [6.45, 7) is 2.25. The second kappa shape index (κ2) is 13.8. The Morgan fingerprint density at radius 3 is 2.29 bits per heavy atom. The summed E-state index contributed by atoms with van der Waals surface area (Å²) in [5.74, 6) is -0.392. The average Bonchev–Trinajstić information content (AvgIpc) is 2.87. The summed E-state index contributed by atoms with van der Waals surface area (Å²) in [5.41, 5.74) is 1.39. The summed E-state index contributed by atoms with van der Waals surface area (Å²) < 4.78 is 19.3. The van der Waals surface area contributed by atoms with Gasteiger partial charge in [-0.25, -0.2) is 14.4 Å². The third kappa shape index (κ3) is 7.90. The molecule has 1 saturated carbocycles. The second-order valence-corrected chi connectivity index (χ2v) is 9.40. The van der Waals surface area contributed by atoms with Gasteiger partial charge in [-0.1, -0.05) is 51.9 Å². The van der Waals surface area contributed by atoms with E-state index in [-0.39, 0.29) is 23.1 Å². The number of aromatic nitrogens is 2. The lowest BCUT2D eigenvalue weighted by Gasteiger charge is -2.26. The molecule has 1 aliphatic rings. The largest absolute Gasteiger partial charge is 0.423 e. The van der Waals surface area contributed by atoms with Crippen LogP contribution in [0.15, 0.2) is 30.6 Å². The first-order valence-electron chi connectivity index (χ1n) is 12.8. The number of halogens is 1. The number of ether oxygens (including phenoxy) is 1. The third-order valence-corrected chi connectivity index (χ3v) is 6.74. The van der Waals surface area contributed by atoms with Crippen molar-refractivity contribution in [1.29, 1.82) is 5.26 Å². The van der Waals surface area contributed by atoms with Crippen molar-refractivity contribution in [1.82, 2.24) is 9.97 Å². The Balaban J connectivity index is 1.37. The molecule has 5 nitrogen and oxygen atoms in total. The number of aryl methyl sites for hydroxylation is 1. The maximum absolute atomic E-state index is 14.0. The molecule has 0 saturated heterocycles. The molecule has 1 aromatic heterocycles. The minimum Gasteiger partial charge on any atom is -0.423 e. The number of nitriles is 1. The Morgan fingerprint density at radius 2 is 1.68 bits per heavy atom. The molecule has 0 atom stereocenters. The van der Waals surface area contributed by atoms with Crippen molar-refractivity contribution < 1.29 is 13.9 Å². The summed E-state index contributed by atoms with van der Waals surface area (Å²) in [4.78, 5) is 21.7. The number of benzene rings is 1. The van der Waals surface area contributed by atoms with E-state index in [1.807, 2.05) is 18.5 Å². The number of unbranched alkanes of at least 4 members (excludes halogenated alkanes) is 7. The van der Waals surface area contributed by atoms with Gasteiger partial charge in [0, 0.05) is 18.3 Å². The Labute approximate surface area is 202 Å². The zero-order valence-corrected chi connectivity index (χ0v) is 20.3. The van der Waals surface area contributed by atoms with Crippen LogP contribution in [0.3, 0.4) is 0 Å². The van der Waals surface area contributed by atoms with E-state index < -0.39 is 11.8 Å². The molecule has 0 amide bonds. The highest BCUT2D eigenvalue weighted by Gasteiger charge is 2.30. The van der Waals surface area contributed by atoms with Crippen LogP contribution in [0.4, 0.5) is 4.39 Å². The highest BCUT2D eigenvalue weighted by atomic mass is 19.1. The number of nitrogens with zero attached hydrogens (tertiary/aromatic N) is 3. The van der Waals surface area contributed by atoms with E-state index in [0.717, 1.165) is 31.2 Å². The van der Waals surface area contributed by atoms with Gasteiger partial charge in [-0.05, 0) is 62.3 Å². The van der Waals surface area contributed by atoms with Crippen molar-refractivity contribution in [2.75, 3.05) is 0 Å². The molecular formula is C28H36FN3O2. The molecule has 0 radical (unpaired) electrons. The summed E-state index contributed by atoms with van der Waals surface area (Å²) in [7, 11) is 0. The molecule has 2 aromatic rings. The summed E-state index contributed by atoms with van der Waals surface area (Å²) in [6.07, 6.45) is 18.4. The fraction of sp³-hybridized carbons (Fsp3) is 0.571. The smallest absolute Gasteiger partial charge is 0.314 e. The average molecular weight is 466 g/mol. The van der Waals surface area contributed by atoms with E-state index in [2.05, 4.69) is 16.9 Å². The lowest BCUT2D eigenvalue weighted by Crippen LogP contribution is -2.26. The van der Waals surface area contributed by atoms with Crippen LogP contribution >= 0.6 is 0 Å². The summed E-state index contributed by atoms with van der Waals surface area (Å²) >= 11 is 0. The van der Waals surface area contributed by atoms with Crippen molar-refractivity contribution in [3.63, 3.8) is 0 Å². The van der Waals surface area contributed by atoms with Crippen LogP contribution in [0.25, 0.3) is 0 Å². The minimum atomic E-state index is -0.693. The topological polar surface area (TPSA) is 75.9 Å². The van der Waals surface area contributed by atoms with Gasteiger partial charge in [-0.2, -0.15) is 5.26 Å². The minimum absolute atomic E-state index is 0.124. The Bertz CT molecular complexity index is 947. The lowest BCUT2D eigenvalue weighted by atomic mass is 9.81. The first-order chi connectivity index (χ1) is 16.6. The van der Waals surface area contributed by atoms with Gasteiger partial charge >= 0.3 is 5.97 Å². The molecule has 0 N–H and O–H groups in total. The van der Waals surface area contributed by atoms with Crippen LogP contribution in [0.5, 0.6) is 5.75 Å². The molecule has 3 rings (SSSR count). The molecule has 0 spiro atoms. The zero-order chi connectivity index (χ0) is 24.2. The number of carbonyl (C=O) groups is 1. The van der Waals surface area contributed by atoms with E-state index in [1.54, 1.807) is 0 Å². The molecule has 0 unspecified atom stereocenters.